The lowest BCUT2D eigenvalue weighted by atomic mass is 10.1. The van der Waals surface area contributed by atoms with Gasteiger partial charge in [-0.15, -0.1) is 0 Å². The lowest BCUT2D eigenvalue weighted by Crippen LogP contribution is -2.34. The van der Waals surface area contributed by atoms with Crippen molar-refractivity contribution in [2.24, 2.45) is 5.92 Å². The van der Waals surface area contributed by atoms with Gasteiger partial charge in [0.25, 0.3) is 0 Å². The number of nitrogens with zero attached hydrogens (tertiary/aromatic N) is 1. The molecule has 1 rings (SSSR count). The number of pyridine rings is 1. The molecule has 0 spiro atoms. The summed E-state index contributed by atoms with van der Waals surface area (Å²) < 4.78 is 6.07. The number of hydrogen-bond acceptors (Lipinski definition) is 3. The Labute approximate surface area is 105 Å². The van der Waals surface area contributed by atoms with Crippen molar-refractivity contribution in [1.82, 2.24) is 10.3 Å². The molecule has 96 valence electrons. The molecule has 0 aromatic carbocycles. The number of aromatic nitrogens is 1. The number of ether oxygens (including phenoxy) is 1. The molecule has 1 aromatic heterocycles. The van der Waals surface area contributed by atoms with E-state index >= 15 is 0 Å². The first-order chi connectivity index (χ1) is 8.08. The van der Waals surface area contributed by atoms with Gasteiger partial charge in [0.2, 0.25) is 0 Å². The monoisotopic (exact) mass is 236 g/mol. The molecular formula is C14H24N2O. The molecule has 0 saturated carbocycles. The zero-order valence-corrected chi connectivity index (χ0v) is 11.6. The van der Waals surface area contributed by atoms with E-state index in [9.17, 15) is 0 Å². The zero-order chi connectivity index (χ0) is 12.8. The number of nitrogens with one attached hydrogen (secondary N) is 1. The third-order valence-electron chi connectivity index (χ3n) is 2.83. The zero-order valence-electron chi connectivity index (χ0n) is 11.6. The molecule has 1 heterocycles. The highest BCUT2D eigenvalue weighted by Crippen LogP contribution is 2.20. The Hall–Kier alpha value is -1.09. The van der Waals surface area contributed by atoms with Crippen molar-refractivity contribution >= 4 is 0 Å². The van der Waals surface area contributed by atoms with Crippen LogP contribution in [-0.4, -0.2) is 24.7 Å². The van der Waals surface area contributed by atoms with E-state index in [4.69, 9.17) is 4.74 Å². The highest BCUT2D eigenvalue weighted by Gasteiger charge is 2.16. The Morgan fingerprint density at radius 3 is 2.59 bits per heavy atom. The summed E-state index contributed by atoms with van der Waals surface area (Å²) >= 11 is 0. The fourth-order valence-electron chi connectivity index (χ4n) is 1.74. The van der Waals surface area contributed by atoms with Gasteiger partial charge in [-0.2, -0.15) is 0 Å². The van der Waals surface area contributed by atoms with E-state index in [1.54, 1.807) is 0 Å². The quantitative estimate of drug-likeness (QED) is 0.824. The van der Waals surface area contributed by atoms with Gasteiger partial charge < -0.3 is 10.1 Å². The minimum atomic E-state index is 0.190. The van der Waals surface area contributed by atoms with Gasteiger partial charge in [-0.1, -0.05) is 20.8 Å². The van der Waals surface area contributed by atoms with Crippen molar-refractivity contribution in [3.8, 4) is 5.75 Å². The van der Waals surface area contributed by atoms with Crippen molar-refractivity contribution in [3.05, 3.63) is 23.5 Å². The third-order valence-corrected chi connectivity index (χ3v) is 2.83. The number of rotatable bonds is 6. The average molecular weight is 236 g/mol. The average Bonchev–Trinajstić information content (AvgIpc) is 2.30. The molecule has 0 fully saturated rings. The summed E-state index contributed by atoms with van der Waals surface area (Å²) in [7, 11) is 1.95. The van der Waals surface area contributed by atoms with Gasteiger partial charge in [0.15, 0.2) is 0 Å². The van der Waals surface area contributed by atoms with Crippen LogP contribution in [0.1, 0.15) is 32.2 Å². The van der Waals surface area contributed by atoms with Gasteiger partial charge in [0.05, 0.1) is 5.69 Å². The molecule has 17 heavy (non-hydrogen) atoms. The first kappa shape index (κ1) is 14.0. The van der Waals surface area contributed by atoms with E-state index < -0.39 is 0 Å². The Morgan fingerprint density at radius 2 is 2.06 bits per heavy atom. The standard InChI is InChI=1S/C14H24N2O/c1-6-12-13(8-7-11(4)16-12)17-14(9-15-5)10(2)3/h7-8,10,14-15H,6,9H2,1-5H3. The Kier molecular flexibility index (Phi) is 5.42. The van der Waals surface area contributed by atoms with Gasteiger partial charge in [0, 0.05) is 12.2 Å². The van der Waals surface area contributed by atoms with Gasteiger partial charge >= 0.3 is 0 Å². The minimum absolute atomic E-state index is 0.190. The molecule has 0 aliphatic heterocycles. The second-order valence-corrected chi connectivity index (χ2v) is 4.71. The van der Waals surface area contributed by atoms with Gasteiger partial charge in [-0.05, 0) is 38.4 Å². The van der Waals surface area contributed by atoms with Crippen LogP contribution in [-0.2, 0) is 6.42 Å². The molecule has 3 nitrogen and oxygen atoms in total. The molecule has 1 aromatic rings. The lowest BCUT2D eigenvalue weighted by Gasteiger charge is -2.23. The highest BCUT2D eigenvalue weighted by atomic mass is 16.5. The third kappa shape index (κ3) is 4.00. The minimum Gasteiger partial charge on any atom is -0.487 e. The van der Waals surface area contributed by atoms with Crippen molar-refractivity contribution in [2.45, 2.75) is 40.2 Å². The lowest BCUT2D eigenvalue weighted by molar-refractivity contribution is 0.149. The fraction of sp³-hybridized carbons (Fsp3) is 0.643. The number of hydrogen-bond donors (Lipinski definition) is 1. The van der Waals surface area contributed by atoms with Gasteiger partial charge in [0.1, 0.15) is 11.9 Å². The summed E-state index contributed by atoms with van der Waals surface area (Å²) in [5.41, 5.74) is 2.09. The van der Waals surface area contributed by atoms with Crippen molar-refractivity contribution in [3.63, 3.8) is 0 Å². The molecular weight excluding hydrogens is 212 g/mol. The topological polar surface area (TPSA) is 34.1 Å². The summed E-state index contributed by atoms with van der Waals surface area (Å²) in [6, 6.07) is 4.04. The number of aryl methyl sites for hydroxylation is 2. The summed E-state index contributed by atoms with van der Waals surface area (Å²) in [4.78, 5) is 4.52. The first-order valence-electron chi connectivity index (χ1n) is 6.36. The van der Waals surface area contributed by atoms with Gasteiger partial charge in [-0.25, -0.2) is 0 Å². The summed E-state index contributed by atoms with van der Waals surface area (Å²) in [6.07, 6.45) is 1.09. The molecule has 1 unspecified atom stereocenters. The maximum atomic E-state index is 6.07. The summed E-state index contributed by atoms with van der Waals surface area (Å²) in [6.45, 7) is 9.33. The van der Waals surface area contributed by atoms with Crippen molar-refractivity contribution in [2.75, 3.05) is 13.6 Å². The van der Waals surface area contributed by atoms with Crippen LogP contribution in [0.4, 0.5) is 0 Å². The normalized spacial score (nSPS) is 12.8. The van der Waals surface area contributed by atoms with Crippen LogP contribution in [0.2, 0.25) is 0 Å². The Morgan fingerprint density at radius 1 is 1.35 bits per heavy atom. The van der Waals surface area contributed by atoms with Crippen LogP contribution in [0, 0.1) is 12.8 Å². The molecule has 0 saturated heterocycles. The first-order valence-corrected chi connectivity index (χ1v) is 6.36. The number of likely N-dealkylation sites (N-methyl/N-ethyl adjacent to an activating group) is 1. The SMILES string of the molecule is CCc1nc(C)ccc1OC(CNC)C(C)C. The predicted molar refractivity (Wildman–Crippen MR) is 71.5 cm³/mol. The van der Waals surface area contributed by atoms with E-state index in [2.05, 4.69) is 31.1 Å². The fourth-order valence-corrected chi connectivity index (χ4v) is 1.74. The molecule has 3 heteroatoms. The Balaban J connectivity index is 2.84. The molecule has 0 aliphatic carbocycles. The smallest absolute Gasteiger partial charge is 0.141 e. The highest BCUT2D eigenvalue weighted by molar-refractivity contribution is 5.29. The maximum Gasteiger partial charge on any atom is 0.141 e. The van der Waals surface area contributed by atoms with Crippen molar-refractivity contribution in [1.29, 1.82) is 0 Å². The van der Waals surface area contributed by atoms with Crippen LogP contribution in [0.3, 0.4) is 0 Å². The predicted octanol–water partition coefficient (Wildman–Crippen LogP) is 2.58. The van der Waals surface area contributed by atoms with Crippen LogP contribution in [0.15, 0.2) is 12.1 Å². The van der Waals surface area contributed by atoms with E-state index in [-0.39, 0.29) is 6.10 Å². The second kappa shape index (κ2) is 6.60. The van der Waals surface area contributed by atoms with E-state index in [1.807, 2.05) is 26.1 Å². The molecule has 1 atom stereocenters. The molecule has 0 radical (unpaired) electrons. The van der Waals surface area contributed by atoms with E-state index in [0.717, 1.165) is 30.1 Å². The van der Waals surface area contributed by atoms with Crippen molar-refractivity contribution < 1.29 is 4.74 Å². The van der Waals surface area contributed by atoms with Crippen LogP contribution in [0.25, 0.3) is 0 Å². The van der Waals surface area contributed by atoms with Crippen LogP contribution < -0.4 is 10.1 Å². The van der Waals surface area contributed by atoms with Crippen LogP contribution >= 0.6 is 0 Å². The largest absolute Gasteiger partial charge is 0.487 e. The second-order valence-electron chi connectivity index (χ2n) is 4.71. The summed E-state index contributed by atoms with van der Waals surface area (Å²) in [5, 5.41) is 3.17. The van der Waals surface area contributed by atoms with E-state index in [1.165, 1.54) is 0 Å². The van der Waals surface area contributed by atoms with Gasteiger partial charge in [-0.3, -0.25) is 4.98 Å². The molecule has 1 N–H and O–H groups in total. The molecule has 0 amide bonds. The van der Waals surface area contributed by atoms with Crippen LogP contribution in [0.5, 0.6) is 5.75 Å². The molecule has 0 aliphatic rings. The summed E-state index contributed by atoms with van der Waals surface area (Å²) in [5.74, 6) is 1.40. The maximum absolute atomic E-state index is 6.07. The van der Waals surface area contributed by atoms with E-state index in [0.29, 0.717) is 5.92 Å². The Bertz CT molecular complexity index is 350. The molecule has 0 bridgehead atoms.